The summed E-state index contributed by atoms with van der Waals surface area (Å²) in [6.07, 6.45) is 3.49. The van der Waals surface area contributed by atoms with E-state index in [-0.39, 0.29) is 11.7 Å². The zero-order valence-electron chi connectivity index (χ0n) is 9.00. The minimum Gasteiger partial charge on any atom is -0.371 e. The number of amides is 1. The number of nitrogens with one attached hydrogen (secondary N) is 1. The van der Waals surface area contributed by atoms with Gasteiger partial charge in [0.2, 0.25) is 5.91 Å². The van der Waals surface area contributed by atoms with Gasteiger partial charge in [0.05, 0.1) is 0 Å². The maximum absolute atomic E-state index is 12.7. The number of anilines is 1. The molecule has 0 atom stereocenters. The number of nitrogens with two attached hydrogens (primary N) is 1. The van der Waals surface area contributed by atoms with Crippen molar-refractivity contribution in [3.63, 3.8) is 0 Å². The van der Waals surface area contributed by atoms with Gasteiger partial charge in [0.25, 0.3) is 0 Å². The molecular weight excluding hydrogens is 207 g/mol. The van der Waals surface area contributed by atoms with Crippen LogP contribution in [0, 0.1) is 5.82 Å². The van der Waals surface area contributed by atoms with Crippen LogP contribution in [-0.4, -0.2) is 11.4 Å². The molecule has 0 aromatic heterocycles. The van der Waals surface area contributed by atoms with E-state index in [0.717, 1.165) is 31.4 Å². The van der Waals surface area contributed by atoms with Gasteiger partial charge in [-0.15, -0.1) is 0 Å². The number of halogens is 1. The van der Waals surface area contributed by atoms with Gasteiger partial charge in [0.1, 0.15) is 11.4 Å². The van der Waals surface area contributed by atoms with Crippen LogP contribution in [0.4, 0.5) is 10.1 Å². The van der Waals surface area contributed by atoms with Crippen LogP contribution in [0.1, 0.15) is 25.7 Å². The van der Waals surface area contributed by atoms with Crippen LogP contribution in [0.3, 0.4) is 0 Å². The number of benzene rings is 1. The highest BCUT2D eigenvalue weighted by molar-refractivity contribution is 5.88. The molecule has 0 bridgehead atoms. The molecule has 1 aliphatic rings. The van der Waals surface area contributed by atoms with Gasteiger partial charge in [0.15, 0.2) is 0 Å². The topological polar surface area (TPSA) is 55.1 Å². The summed E-state index contributed by atoms with van der Waals surface area (Å²) < 4.78 is 12.7. The molecular formula is C12H15FN2O. The Morgan fingerprint density at radius 3 is 2.31 bits per heavy atom. The molecule has 3 N–H and O–H groups in total. The van der Waals surface area contributed by atoms with Crippen LogP contribution in [0.5, 0.6) is 0 Å². The summed E-state index contributed by atoms with van der Waals surface area (Å²) >= 11 is 0. The lowest BCUT2D eigenvalue weighted by atomic mass is 9.96. The van der Waals surface area contributed by atoms with Crippen LogP contribution >= 0.6 is 0 Å². The minimum absolute atomic E-state index is 0.287. The summed E-state index contributed by atoms with van der Waals surface area (Å²) in [5.41, 5.74) is 5.53. The van der Waals surface area contributed by atoms with Crippen LogP contribution in [0.15, 0.2) is 24.3 Å². The Morgan fingerprint density at radius 2 is 1.81 bits per heavy atom. The largest absolute Gasteiger partial charge is 0.371 e. The summed E-state index contributed by atoms with van der Waals surface area (Å²) in [4.78, 5) is 11.5. The van der Waals surface area contributed by atoms with E-state index in [1.165, 1.54) is 12.1 Å². The SMILES string of the molecule is NC(=O)C1(Nc2ccc(F)cc2)CCCC1. The molecule has 0 unspecified atom stereocenters. The van der Waals surface area contributed by atoms with Gasteiger partial charge in [-0.2, -0.15) is 0 Å². The molecule has 1 aromatic carbocycles. The fourth-order valence-corrected chi connectivity index (χ4v) is 2.22. The Labute approximate surface area is 93.8 Å². The van der Waals surface area contributed by atoms with Gasteiger partial charge in [-0.25, -0.2) is 4.39 Å². The van der Waals surface area contributed by atoms with Crippen molar-refractivity contribution in [2.24, 2.45) is 5.73 Å². The number of hydrogen-bond acceptors (Lipinski definition) is 2. The van der Waals surface area contributed by atoms with E-state index in [4.69, 9.17) is 5.73 Å². The molecule has 0 spiro atoms. The quantitative estimate of drug-likeness (QED) is 0.822. The molecule has 1 saturated carbocycles. The van der Waals surface area contributed by atoms with E-state index in [9.17, 15) is 9.18 Å². The van der Waals surface area contributed by atoms with E-state index in [1.54, 1.807) is 12.1 Å². The van der Waals surface area contributed by atoms with Crippen LogP contribution in [0.25, 0.3) is 0 Å². The monoisotopic (exact) mass is 222 g/mol. The highest BCUT2D eigenvalue weighted by Crippen LogP contribution is 2.32. The molecule has 1 aromatic rings. The van der Waals surface area contributed by atoms with Gasteiger partial charge in [-0.3, -0.25) is 4.79 Å². The van der Waals surface area contributed by atoms with Gasteiger partial charge < -0.3 is 11.1 Å². The number of carbonyl (C=O) groups is 1. The number of carbonyl (C=O) groups excluding carboxylic acids is 1. The fraction of sp³-hybridized carbons (Fsp3) is 0.417. The second-order valence-corrected chi connectivity index (χ2v) is 4.29. The highest BCUT2D eigenvalue weighted by Gasteiger charge is 2.39. The molecule has 0 aliphatic heterocycles. The Morgan fingerprint density at radius 1 is 1.25 bits per heavy atom. The molecule has 16 heavy (non-hydrogen) atoms. The minimum atomic E-state index is -0.641. The summed E-state index contributed by atoms with van der Waals surface area (Å²) in [5, 5.41) is 3.14. The van der Waals surface area contributed by atoms with E-state index in [1.807, 2.05) is 0 Å². The molecule has 1 amide bonds. The number of rotatable bonds is 3. The third-order valence-corrected chi connectivity index (χ3v) is 3.16. The predicted molar refractivity (Wildman–Crippen MR) is 60.4 cm³/mol. The second kappa shape index (κ2) is 4.12. The van der Waals surface area contributed by atoms with Gasteiger partial charge in [-0.1, -0.05) is 12.8 Å². The lowest BCUT2D eigenvalue weighted by Gasteiger charge is -2.27. The van der Waals surface area contributed by atoms with E-state index in [0.29, 0.717) is 0 Å². The summed E-state index contributed by atoms with van der Waals surface area (Å²) in [6.45, 7) is 0. The van der Waals surface area contributed by atoms with Crippen molar-refractivity contribution in [3.05, 3.63) is 30.1 Å². The first-order chi connectivity index (χ1) is 7.62. The van der Waals surface area contributed by atoms with Crippen molar-refractivity contribution in [2.75, 3.05) is 5.32 Å². The molecule has 86 valence electrons. The van der Waals surface area contributed by atoms with Crippen LogP contribution in [-0.2, 0) is 4.79 Å². The Kier molecular flexibility index (Phi) is 2.81. The van der Waals surface area contributed by atoms with Crippen molar-refractivity contribution in [2.45, 2.75) is 31.2 Å². The van der Waals surface area contributed by atoms with Crippen molar-refractivity contribution in [1.29, 1.82) is 0 Å². The smallest absolute Gasteiger partial charge is 0.243 e. The average molecular weight is 222 g/mol. The zero-order valence-corrected chi connectivity index (χ0v) is 9.00. The summed E-state index contributed by atoms with van der Waals surface area (Å²) in [7, 11) is 0. The maximum atomic E-state index is 12.7. The van der Waals surface area contributed by atoms with Gasteiger partial charge in [-0.05, 0) is 37.1 Å². The zero-order chi connectivity index (χ0) is 11.6. The van der Waals surface area contributed by atoms with Crippen LogP contribution in [0.2, 0.25) is 0 Å². The normalized spacial score (nSPS) is 18.3. The number of hydrogen-bond donors (Lipinski definition) is 2. The molecule has 0 radical (unpaired) electrons. The predicted octanol–water partition coefficient (Wildman–Crippen LogP) is 2.04. The summed E-state index contributed by atoms with van der Waals surface area (Å²) in [5.74, 6) is -0.612. The molecule has 3 nitrogen and oxygen atoms in total. The maximum Gasteiger partial charge on any atom is 0.243 e. The Bertz CT molecular complexity index is 383. The lowest BCUT2D eigenvalue weighted by molar-refractivity contribution is -0.122. The Balaban J connectivity index is 2.18. The Hall–Kier alpha value is -1.58. The molecule has 4 heteroatoms. The standard InChI is InChI=1S/C12H15FN2O/c13-9-3-5-10(6-4-9)15-12(11(14)16)7-1-2-8-12/h3-6,15H,1-2,7-8H2,(H2,14,16). The van der Waals surface area contributed by atoms with Crippen molar-refractivity contribution in [1.82, 2.24) is 0 Å². The first-order valence-corrected chi connectivity index (χ1v) is 5.46. The first-order valence-electron chi connectivity index (χ1n) is 5.46. The highest BCUT2D eigenvalue weighted by atomic mass is 19.1. The van der Waals surface area contributed by atoms with Crippen molar-refractivity contribution >= 4 is 11.6 Å². The van der Waals surface area contributed by atoms with E-state index >= 15 is 0 Å². The van der Waals surface area contributed by atoms with Gasteiger partial charge >= 0.3 is 0 Å². The van der Waals surface area contributed by atoms with Gasteiger partial charge in [0, 0.05) is 5.69 Å². The third-order valence-electron chi connectivity index (χ3n) is 3.16. The van der Waals surface area contributed by atoms with Crippen molar-refractivity contribution in [3.8, 4) is 0 Å². The third kappa shape index (κ3) is 2.01. The fourth-order valence-electron chi connectivity index (χ4n) is 2.22. The molecule has 2 rings (SSSR count). The molecule has 0 heterocycles. The first kappa shape index (κ1) is 10.9. The lowest BCUT2D eigenvalue weighted by Crippen LogP contribution is -2.48. The average Bonchev–Trinajstić information content (AvgIpc) is 2.71. The number of primary amides is 1. The summed E-state index contributed by atoms with van der Waals surface area (Å²) in [6, 6.07) is 5.98. The van der Waals surface area contributed by atoms with Crippen LogP contribution < -0.4 is 11.1 Å². The second-order valence-electron chi connectivity index (χ2n) is 4.29. The van der Waals surface area contributed by atoms with E-state index in [2.05, 4.69) is 5.32 Å². The molecule has 0 saturated heterocycles. The van der Waals surface area contributed by atoms with Crippen molar-refractivity contribution < 1.29 is 9.18 Å². The molecule has 1 fully saturated rings. The molecule has 1 aliphatic carbocycles. The van der Waals surface area contributed by atoms with E-state index < -0.39 is 5.54 Å².